The van der Waals surface area contributed by atoms with Crippen molar-refractivity contribution in [1.82, 2.24) is 0 Å². The van der Waals surface area contributed by atoms with E-state index in [1.54, 1.807) is 0 Å². The first-order chi connectivity index (χ1) is 24.7. The quantitative estimate of drug-likeness (QED) is 0.178. The van der Waals surface area contributed by atoms with Gasteiger partial charge in [0.1, 0.15) is 0 Å². The Labute approximate surface area is 300 Å². The molecular formula is C46H27NS3. The average Bonchev–Trinajstić information content (AvgIpc) is 3.84. The lowest BCUT2D eigenvalue weighted by molar-refractivity contribution is 1.30. The Kier molecular flexibility index (Phi) is 6.23. The van der Waals surface area contributed by atoms with Crippen LogP contribution in [0.15, 0.2) is 164 Å². The molecule has 0 bridgehead atoms. The first-order valence-corrected chi connectivity index (χ1v) is 19.3. The molecule has 0 N–H and O–H groups in total. The summed E-state index contributed by atoms with van der Waals surface area (Å²) in [6.45, 7) is 0. The van der Waals surface area contributed by atoms with E-state index in [2.05, 4.69) is 169 Å². The van der Waals surface area contributed by atoms with Gasteiger partial charge in [0.25, 0.3) is 0 Å². The number of thiophene rings is 3. The lowest BCUT2D eigenvalue weighted by Crippen LogP contribution is -2.09. The maximum atomic E-state index is 2.42. The van der Waals surface area contributed by atoms with Gasteiger partial charge in [-0.2, -0.15) is 0 Å². The van der Waals surface area contributed by atoms with Crippen LogP contribution in [0.2, 0.25) is 0 Å². The van der Waals surface area contributed by atoms with Crippen molar-refractivity contribution < 1.29 is 0 Å². The average molecular weight is 690 g/mol. The lowest BCUT2D eigenvalue weighted by Gasteiger charge is -2.26. The first-order valence-electron chi connectivity index (χ1n) is 16.8. The minimum atomic E-state index is 1.14. The Morgan fingerprint density at radius 2 is 0.820 bits per heavy atom. The van der Waals surface area contributed by atoms with Gasteiger partial charge in [0.05, 0.1) is 0 Å². The molecule has 3 heterocycles. The van der Waals surface area contributed by atoms with Crippen LogP contribution in [0.4, 0.5) is 17.1 Å². The zero-order valence-electron chi connectivity index (χ0n) is 26.8. The van der Waals surface area contributed by atoms with Crippen LogP contribution in [0.1, 0.15) is 0 Å². The highest BCUT2D eigenvalue weighted by Crippen LogP contribution is 2.44. The van der Waals surface area contributed by atoms with Gasteiger partial charge in [-0.1, -0.05) is 91.0 Å². The van der Waals surface area contributed by atoms with Gasteiger partial charge in [-0.25, -0.2) is 0 Å². The van der Waals surface area contributed by atoms with Crippen molar-refractivity contribution in [3.63, 3.8) is 0 Å². The van der Waals surface area contributed by atoms with Gasteiger partial charge in [-0.15, -0.1) is 34.0 Å². The van der Waals surface area contributed by atoms with Crippen molar-refractivity contribution in [2.45, 2.75) is 0 Å². The number of benzene rings is 8. The van der Waals surface area contributed by atoms with Crippen LogP contribution >= 0.6 is 34.0 Å². The summed E-state index contributed by atoms with van der Waals surface area (Å²) in [4.78, 5) is 2.42. The summed E-state index contributed by atoms with van der Waals surface area (Å²) in [6.07, 6.45) is 0. The molecule has 0 spiro atoms. The molecule has 0 atom stereocenters. The third-order valence-electron chi connectivity index (χ3n) is 10.1. The predicted octanol–water partition coefficient (Wildman–Crippen LogP) is 15.1. The summed E-state index contributed by atoms with van der Waals surface area (Å²) in [5.41, 5.74) is 5.94. The van der Waals surface area contributed by atoms with E-state index in [1.165, 1.54) is 82.4 Å². The fourth-order valence-corrected chi connectivity index (χ4v) is 11.0. The lowest BCUT2D eigenvalue weighted by atomic mass is 9.96. The van der Waals surface area contributed by atoms with Crippen LogP contribution in [0.3, 0.4) is 0 Å². The molecule has 0 amide bonds. The molecule has 0 aliphatic rings. The third kappa shape index (κ3) is 4.36. The zero-order valence-corrected chi connectivity index (χ0v) is 29.2. The van der Waals surface area contributed by atoms with E-state index in [4.69, 9.17) is 0 Å². The molecule has 0 saturated heterocycles. The Morgan fingerprint density at radius 1 is 0.300 bits per heavy atom. The maximum absolute atomic E-state index is 2.42. The first kappa shape index (κ1) is 28.3. The molecule has 4 heteroatoms. The molecule has 0 fully saturated rings. The monoisotopic (exact) mass is 689 g/mol. The SMILES string of the molecule is c1cc(-c2ccc(N(c3ccc4c(c3)sc3ccccc34)c3ccc4sc5ccccc5c4c3)cc2)c2cc3sc4ccccc4c3cc2c1. The molecule has 0 aliphatic heterocycles. The second kappa shape index (κ2) is 11.0. The molecule has 234 valence electrons. The predicted molar refractivity (Wildman–Crippen MR) is 223 cm³/mol. The molecular weight excluding hydrogens is 663 g/mol. The van der Waals surface area contributed by atoms with Crippen molar-refractivity contribution in [2.24, 2.45) is 0 Å². The van der Waals surface area contributed by atoms with E-state index in [-0.39, 0.29) is 0 Å². The van der Waals surface area contributed by atoms with Gasteiger partial charge < -0.3 is 4.90 Å². The molecule has 1 nitrogen and oxygen atoms in total. The van der Waals surface area contributed by atoms with E-state index in [1.807, 2.05) is 34.0 Å². The van der Waals surface area contributed by atoms with E-state index < -0.39 is 0 Å². The number of fused-ring (bicyclic) bond motifs is 10. The summed E-state index contributed by atoms with van der Waals surface area (Å²) < 4.78 is 7.94. The number of hydrogen-bond acceptors (Lipinski definition) is 4. The summed E-state index contributed by atoms with van der Waals surface area (Å²) >= 11 is 5.61. The highest BCUT2D eigenvalue weighted by Gasteiger charge is 2.17. The van der Waals surface area contributed by atoms with Crippen LogP contribution in [0.5, 0.6) is 0 Å². The fourth-order valence-electron chi connectivity index (χ4n) is 7.69. The van der Waals surface area contributed by atoms with Crippen LogP contribution in [-0.2, 0) is 0 Å². The van der Waals surface area contributed by atoms with Crippen molar-refractivity contribution in [3.05, 3.63) is 164 Å². The molecule has 0 unspecified atom stereocenters. The maximum Gasteiger partial charge on any atom is 0.0476 e. The molecule has 50 heavy (non-hydrogen) atoms. The molecule has 3 aromatic heterocycles. The largest absolute Gasteiger partial charge is 0.310 e. The molecule has 0 radical (unpaired) electrons. The highest BCUT2D eigenvalue weighted by molar-refractivity contribution is 7.26. The smallest absolute Gasteiger partial charge is 0.0476 e. The minimum absolute atomic E-state index is 1.14. The summed E-state index contributed by atoms with van der Waals surface area (Å²) in [5.74, 6) is 0. The van der Waals surface area contributed by atoms with Crippen LogP contribution in [0.25, 0.3) is 82.4 Å². The number of nitrogens with zero attached hydrogens (tertiary/aromatic N) is 1. The fraction of sp³-hybridized carbons (Fsp3) is 0. The Bertz CT molecular complexity index is 3110. The van der Waals surface area contributed by atoms with E-state index in [0.717, 1.165) is 17.1 Å². The minimum Gasteiger partial charge on any atom is -0.310 e. The Hall–Kier alpha value is -5.52. The second-order valence-electron chi connectivity index (χ2n) is 12.9. The molecule has 11 rings (SSSR count). The molecule has 8 aromatic carbocycles. The molecule has 11 aromatic rings. The third-order valence-corrected chi connectivity index (χ3v) is 13.5. The van der Waals surface area contributed by atoms with Crippen molar-refractivity contribution in [3.8, 4) is 11.1 Å². The van der Waals surface area contributed by atoms with Crippen molar-refractivity contribution in [1.29, 1.82) is 0 Å². The summed E-state index contributed by atoms with van der Waals surface area (Å²) in [6, 6.07) is 60.8. The van der Waals surface area contributed by atoms with Gasteiger partial charge >= 0.3 is 0 Å². The van der Waals surface area contributed by atoms with Crippen LogP contribution in [0, 0.1) is 0 Å². The van der Waals surface area contributed by atoms with Gasteiger partial charge in [0.15, 0.2) is 0 Å². The van der Waals surface area contributed by atoms with Crippen molar-refractivity contribution >= 4 is 122 Å². The Morgan fingerprint density at radius 3 is 1.54 bits per heavy atom. The standard InChI is InChI=1S/C46H27NS3/c1-4-13-41-34(9-1)37-22-20-32(26-45(37)49-41)47(31-21-23-44-40(25-31)36-11-3-5-14-42(36)48-44)30-18-16-28(17-19-30)33-12-7-8-29-24-39-35-10-2-6-15-43(35)50-46(39)27-38(29)33/h1-27H. The number of hydrogen-bond donors (Lipinski definition) is 0. The molecule has 0 saturated carbocycles. The highest BCUT2D eigenvalue weighted by atomic mass is 32.1. The topological polar surface area (TPSA) is 3.24 Å². The second-order valence-corrected chi connectivity index (χ2v) is 16.2. The van der Waals surface area contributed by atoms with Gasteiger partial charge in [0, 0.05) is 77.6 Å². The number of rotatable bonds is 4. The van der Waals surface area contributed by atoms with E-state index in [9.17, 15) is 0 Å². The van der Waals surface area contributed by atoms with Gasteiger partial charge in [0.2, 0.25) is 0 Å². The Balaban J connectivity index is 1.07. The zero-order chi connectivity index (χ0) is 32.8. The number of anilines is 3. The van der Waals surface area contributed by atoms with E-state index >= 15 is 0 Å². The summed E-state index contributed by atoms with van der Waals surface area (Å²) in [5, 5.41) is 10.5. The normalized spacial score (nSPS) is 12.0. The van der Waals surface area contributed by atoms with Crippen LogP contribution < -0.4 is 4.90 Å². The molecule has 0 aliphatic carbocycles. The van der Waals surface area contributed by atoms with Gasteiger partial charge in [-0.3, -0.25) is 0 Å². The van der Waals surface area contributed by atoms with Crippen molar-refractivity contribution in [2.75, 3.05) is 4.90 Å². The van der Waals surface area contributed by atoms with E-state index in [0.29, 0.717) is 0 Å². The van der Waals surface area contributed by atoms with Gasteiger partial charge in [-0.05, 0) is 94.7 Å². The summed E-state index contributed by atoms with van der Waals surface area (Å²) in [7, 11) is 0. The van der Waals surface area contributed by atoms with Crippen LogP contribution in [-0.4, -0.2) is 0 Å².